The molecule has 1 amide bonds. The van der Waals surface area contributed by atoms with Crippen LogP contribution in [0.15, 0.2) is 84.9 Å². The van der Waals surface area contributed by atoms with Gasteiger partial charge in [-0.3, -0.25) is 4.79 Å². The van der Waals surface area contributed by atoms with Gasteiger partial charge in [0.25, 0.3) is 5.91 Å². The molecule has 0 aromatic heterocycles. The molecule has 0 fully saturated rings. The number of benzene rings is 3. The van der Waals surface area contributed by atoms with Gasteiger partial charge in [-0.25, -0.2) is 4.79 Å². The third-order valence-electron chi connectivity index (χ3n) is 4.60. The predicted molar refractivity (Wildman–Crippen MR) is 123 cm³/mol. The zero-order chi connectivity index (χ0) is 23.3. The van der Waals surface area contributed by atoms with Crippen molar-refractivity contribution in [1.29, 1.82) is 5.26 Å². The van der Waals surface area contributed by atoms with Gasteiger partial charge in [-0.2, -0.15) is 5.26 Å². The van der Waals surface area contributed by atoms with Crippen LogP contribution < -0.4 is 14.4 Å². The molecule has 0 spiro atoms. The third-order valence-corrected chi connectivity index (χ3v) is 4.60. The van der Waals surface area contributed by atoms with Crippen molar-refractivity contribution in [3.05, 3.63) is 90.5 Å². The minimum Gasteiger partial charge on any atom is -0.489 e. The number of hydrogen-bond acceptors (Lipinski definition) is 6. The lowest BCUT2D eigenvalue weighted by Crippen LogP contribution is -2.36. The summed E-state index contributed by atoms with van der Waals surface area (Å²) in [5, 5.41) is 8.84. The molecule has 0 unspecified atom stereocenters. The van der Waals surface area contributed by atoms with Gasteiger partial charge in [-0.15, -0.1) is 0 Å². The molecule has 0 bridgehead atoms. The second-order valence-corrected chi connectivity index (χ2v) is 6.98. The van der Waals surface area contributed by atoms with Gasteiger partial charge >= 0.3 is 5.97 Å². The minimum atomic E-state index is -0.666. The first-order valence-corrected chi connectivity index (χ1v) is 10.4. The summed E-state index contributed by atoms with van der Waals surface area (Å²) >= 11 is 0. The van der Waals surface area contributed by atoms with Crippen LogP contribution in [0.3, 0.4) is 0 Å². The molecule has 7 heteroatoms. The van der Waals surface area contributed by atoms with Crippen LogP contribution in [0.1, 0.15) is 12.0 Å². The van der Waals surface area contributed by atoms with E-state index >= 15 is 0 Å². The fraction of sp³-hybridized carbons (Fsp3) is 0.192. The van der Waals surface area contributed by atoms with E-state index in [1.54, 1.807) is 48.5 Å². The Kier molecular flexibility index (Phi) is 8.86. The number of esters is 1. The monoisotopic (exact) mass is 444 g/mol. The lowest BCUT2D eigenvalue weighted by Gasteiger charge is -2.21. The Balaban J connectivity index is 1.43. The molecule has 0 heterocycles. The first-order chi connectivity index (χ1) is 16.2. The van der Waals surface area contributed by atoms with Gasteiger partial charge in [0.1, 0.15) is 18.1 Å². The highest BCUT2D eigenvalue weighted by Crippen LogP contribution is 2.19. The fourth-order valence-corrected chi connectivity index (χ4v) is 2.94. The summed E-state index contributed by atoms with van der Waals surface area (Å²) in [5.41, 5.74) is 1.70. The van der Waals surface area contributed by atoms with Crippen molar-refractivity contribution >= 4 is 17.6 Å². The normalized spacial score (nSPS) is 10.0. The van der Waals surface area contributed by atoms with E-state index in [2.05, 4.69) is 0 Å². The molecule has 0 aliphatic heterocycles. The Morgan fingerprint density at radius 2 is 1.39 bits per heavy atom. The molecular weight excluding hydrogens is 420 g/mol. The van der Waals surface area contributed by atoms with Crippen LogP contribution in [-0.4, -0.2) is 31.6 Å². The van der Waals surface area contributed by atoms with E-state index in [0.29, 0.717) is 23.8 Å². The minimum absolute atomic E-state index is 0.169. The highest BCUT2D eigenvalue weighted by Gasteiger charge is 2.17. The Bertz CT molecular complexity index is 1060. The number of nitriles is 1. The Labute approximate surface area is 192 Å². The maximum atomic E-state index is 12.5. The van der Waals surface area contributed by atoms with Gasteiger partial charge in [-0.05, 0) is 42.0 Å². The summed E-state index contributed by atoms with van der Waals surface area (Å²) in [6.07, 6.45) is 0.169. The Hall–Kier alpha value is -4.31. The number of carbonyl (C=O) groups excluding carboxylic acids is 2. The van der Waals surface area contributed by atoms with Crippen LogP contribution in [0.5, 0.6) is 11.5 Å². The summed E-state index contributed by atoms with van der Waals surface area (Å²) in [7, 11) is 0. The van der Waals surface area contributed by atoms with E-state index in [9.17, 15) is 9.59 Å². The van der Waals surface area contributed by atoms with E-state index in [4.69, 9.17) is 19.5 Å². The molecule has 3 aromatic rings. The number of ether oxygens (including phenoxy) is 3. The molecule has 0 aliphatic carbocycles. The van der Waals surface area contributed by atoms with Crippen molar-refractivity contribution in [2.24, 2.45) is 0 Å². The molecule has 3 rings (SSSR count). The molecule has 3 aromatic carbocycles. The van der Waals surface area contributed by atoms with Gasteiger partial charge in [0, 0.05) is 12.2 Å². The molecule has 0 N–H and O–H groups in total. The molecule has 33 heavy (non-hydrogen) atoms. The number of amides is 1. The van der Waals surface area contributed by atoms with Gasteiger partial charge < -0.3 is 19.1 Å². The van der Waals surface area contributed by atoms with E-state index in [0.717, 1.165) is 5.56 Å². The number of hydrogen-bond donors (Lipinski definition) is 0. The quantitative estimate of drug-likeness (QED) is 0.413. The molecular formula is C26H24N2O5. The van der Waals surface area contributed by atoms with Crippen LogP contribution in [0.2, 0.25) is 0 Å². The van der Waals surface area contributed by atoms with Crippen LogP contribution in [0.25, 0.3) is 0 Å². The highest BCUT2D eigenvalue weighted by atomic mass is 16.6. The number of nitrogens with zero attached hydrogens (tertiary/aromatic N) is 2. The number of rotatable bonds is 11. The maximum absolute atomic E-state index is 12.5. The van der Waals surface area contributed by atoms with Crippen molar-refractivity contribution < 1.29 is 23.8 Å². The first-order valence-electron chi connectivity index (χ1n) is 10.4. The largest absolute Gasteiger partial charge is 0.489 e. The fourth-order valence-electron chi connectivity index (χ4n) is 2.94. The van der Waals surface area contributed by atoms with Crippen LogP contribution in [0, 0.1) is 11.3 Å². The van der Waals surface area contributed by atoms with Crippen molar-refractivity contribution in [2.75, 3.05) is 24.7 Å². The molecule has 0 saturated carbocycles. The first kappa shape index (κ1) is 23.4. The van der Waals surface area contributed by atoms with E-state index in [1.165, 1.54) is 4.90 Å². The van der Waals surface area contributed by atoms with Gasteiger partial charge in [0.2, 0.25) is 0 Å². The predicted octanol–water partition coefficient (Wildman–Crippen LogP) is 4.13. The maximum Gasteiger partial charge on any atom is 0.344 e. The highest BCUT2D eigenvalue weighted by molar-refractivity contribution is 5.95. The summed E-state index contributed by atoms with van der Waals surface area (Å²) in [6.45, 7) is -0.0995. The molecule has 0 aliphatic rings. The lowest BCUT2D eigenvalue weighted by molar-refractivity contribution is -0.149. The number of carbonyl (C=O) groups is 2. The van der Waals surface area contributed by atoms with Crippen molar-refractivity contribution in [3.8, 4) is 17.6 Å². The van der Waals surface area contributed by atoms with Crippen molar-refractivity contribution in [3.63, 3.8) is 0 Å². The zero-order valence-electron chi connectivity index (χ0n) is 18.1. The Morgan fingerprint density at radius 1 is 0.788 bits per heavy atom. The van der Waals surface area contributed by atoms with Crippen molar-refractivity contribution in [1.82, 2.24) is 0 Å². The van der Waals surface area contributed by atoms with Crippen LogP contribution >= 0.6 is 0 Å². The van der Waals surface area contributed by atoms with Gasteiger partial charge in [0.05, 0.1) is 12.5 Å². The number of para-hydroxylation sites is 1. The van der Waals surface area contributed by atoms with Crippen molar-refractivity contribution in [2.45, 2.75) is 13.0 Å². The molecule has 7 nitrogen and oxygen atoms in total. The van der Waals surface area contributed by atoms with Crippen LogP contribution in [-0.2, 0) is 20.9 Å². The van der Waals surface area contributed by atoms with Gasteiger partial charge in [0.15, 0.2) is 13.2 Å². The summed E-state index contributed by atoms with van der Waals surface area (Å²) < 4.78 is 16.2. The average molecular weight is 444 g/mol. The Morgan fingerprint density at radius 3 is 2.03 bits per heavy atom. The molecule has 168 valence electrons. The van der Waals surface area contributed by atoms with Gasteiger partial charge in [-0.1, -0.05) is 48.5 Å². The summed E-state index contributed by atoms with van der Waals surface area (Å²) in [5.74, 6) is 0.0776. The SMILES string of the molecule is N#CCCN(C(=O)COC(=O)COc1ccc(OCc2ccccc2)cc1)c1ccccc1. The molecule has 0 atom stereocenters. The summed E-state index contributed by atoms with van der Waals surface area (Å²) in [4.78, 5) is 26.0. The van der Waals surface area contributed by atoms with Crippen LogP contribution in [0.4, 0.5) is 5.69 Å². The second-order valence-electron chi connectivity index (χ2n) is 6.98. The van der Waals surface area contributed by atoms with E-state index < -0.39 is 18.5 Å². The summed E-state index contributed by atoms with van der Waals surface area (Å²) in [6, 6.07) is 27.6. The number of anilines is 1. The average Bonchev–Trinajstić information content (AvgIpc) is 2.87. The zero-order valence-corrected chi connectivity index (χ0v) is 18.1. The molecule has 0 radical (unpaired) electrons. The third kappa shape index (κ3) is 7.71. The second kappa shape index (κ2) is 12.5. The molecule has 0 saturated heterocycles. The smallest absolute Gasteiger partial charge is 0.344 e. The van der Waals surface area contributed by atoms with E-state index in [-0.39, 0.29) is 19.6 Å². The topological polar surface area (TPSA) is 88.9 Å². The standard InChI is InChI=1S/C26H24N2O5/c27-16-7-17-28(22-10-5-2-6-11-22)25(29)19-33-26(30)20-32-24-14-12-23(13-15-24)31-18-21-8-3-1-4-9-21/h1-6,8-15H,7,17-20H2. The lowest BCUT2D eigenvalue weighted by atomic mass is 10.2. The van der Waals surface area contributed by atoms with E-state index in [1.807, 2.05) is 42.5 Å².